The number of carbonyl (C=O) groups is 2. The van der Waals surface area contributed by atoms with Crippen LogP contribution in [-0.4, -0.2) is 46.7 Å². The van der Waals surface area contributed by atoms with Crippen molar-refractivity contribution in [3.8, 4) is 0 Å². The Hall–Kier alpha value is -0.970. The highest BCUT2D eigenvalue weighted by Crippen LogP contribution is 2.28. The Morgan fingerprint density at radius 2 is 1.90 bits per heavy atom. The van der Waals surface area contributed by atoms with Crippen molar-refractivity contribution in [3.63, 3.8) is 0 Å². The van der Waals surface area contributed by atoms with E-state index in [1.54, 1.807) is 0 Å². The molecule has 1 rings (SSSR count). The van der Waals surface area contributed by atoms with Gasteiger partial charge in [-0.05, 0) is 18.2 Å². The fourth-order valence-electron chi connectivity index (χ4n) is 1.45. The van der Waals surface area contributed by atoms with E-state index in [1.165, 1.54) is 6.07 Å². The minimum Gasteiger partial charge on any atom is -0.478 e. The maximum absolute atomic E-state index is 12.0. The lowest BCUT2D eigenvalue weighted by Crippen LogP contribution is -2.27. The van der Waals surface area contributed by atoms with Crippen molar-refractivity contribution in [2.45, 2.75) is 7.96 Å². The van der Waals surface area contributed by atoms with Gasteiger partial charge in [0, 0.05) is 12.1 Å². The summed E-state index contributed by atoms with van der Waals surface area (Å²) < 4.78 is 22.9. The number of aromatic carboxylic acids is 1. The van der Waals surface area contributed by atoms with Gasteiger partial charge in [-0.2, -0.15) is 0 Å². The first-order chi connectivity index (χ1) is 9.71. The molecule has 0 bridgehead atoms. The monoisotopic (exact) mass is 443 g/mol. The van der Waals surface area contributed by atoms with Gasteiger partial charge in [0.15, 0.2) is 3.07 Å². The second-order valence-electron chi connectivity index (χ2n) is 3.80. The number of sulfone groups is 1. The minimum atomic E-state index is -3.93. The first kappa shape index (κ1) is 18.1. The molecule has 10 heteroatoms. The number of aliphatic hydroxyl groups is 1. The van der Waals surface area contributed by atoms with Crippen LogP contribution in [0.25, 0.3) is 0 Å². The number of carbonyl (C=O) groups excluding carboxylic acids is 1. The minimum absolute atomic E-state index is 0.00611. The number of aliphatic hydroxyl groups excluding tert-OH is 1. The zero-order valence-electron chi connectivity index (χ0n) is 10.4. The number of amides is 1. The summed E-state index contributed by atoms with van der Waals surface area (Å²) in [7, 11) is -3.93. The summed E-state index contributed by atoms with van der Waals surface area (Å²) in [5.74, 6) is -2.07. The summed E-state index contributed by atoms with van der Waals surface area (Å²) in [6.07, 6.45) is 0. The Kier molecular flexibility index (Phi) is 6.32. The quantitative estimate of drug-likeness (QED) is 0.562. The van der Waals surface area contributed by atoms with E-state index in [0.717, 1.165) is 12.1 Å². The lowest BCUT2D eigenvalue weighted by molar-refractivity contribution is 0.0692. The van der Waals surface area contributed by atoms with Crippen LogP contribution in [0.4, 0.5) is 0 Å². The molecule has 1 amide bonds. The molecule has 0 atom stereocenters. The smallest absolute Gasteiger partial charge is 0.337 e. The Labute approximate surface area is 137 Å². The molecule has 0 radical (unpaired) electrons. The summed E-state index contributed by atoms with van der Waals surface area (Å²) in [5.41, 5.74) is -0.518. The van der Waals surface area contributed by atoms with Crippen LogP contribution in [0.15, 0.2) is 23.1 Å². The lowest BCUT2D eigenvalue weighted by atomic mass is 10.1. The van der Waals surface area contributed by atoms with E-state index in [2.05, 4.69) is 37.2 Å². The lowest BCUT2D eigenvalue weighted by Gasteiger charge is -2.10. The van der Waals surface area contributed by atoms with E-state index in [9.17, 15) is 18.0 Å². The zero-order chi connectivity index (χ0) is 16.2. The van der Waals surface area contributed by atoms with Crippen LogP contribution in [0.5, 0.6) is 0 Å². The number of alkyl halides is 2. The molecule has 7 nitrogen and oxygen atoms in total. The molecule has 1 aromatic rings. The molecule has 116 valence electrons. The average Bonchev–Trinajstić information content (AvgIpc) is 2.43. The molecule has 0 saturated carbocycles. The Bertz CT molecular complexity index is 659. The van der Waals surface area contributed by atoms with Crippen molar-refractivity contribution in [2.75, 3.05) is 13.2 Å². The summed E-state index contributed by atoms with van der Waals surface area (Å²) in [4.78, 5) is 22.5. The SMILES string of the molecule is O=C(NCCO)c1ccc(S(=O)(=O)C(Br)Br)c(C(=O)O)c1. The summed E-state index contributed by atoms with van der Waals surface area (Å²) in [6, 6.07) is 3.24. The maximum atomic E-state index is 12.0. The van der Waals surface area contributed by atoms with Crippen LogP contribution in [0.1, 0.15) is 20.7 Å². The first-order valence-electron chi connectivity index (χ1n) is 5.50. The predicted octanol–water partition coefficient (Wildman–Crippen LogP) is 0.954. The number of benzene rings is 1. The van der Waals surface area contributed by atoms with Gasteiger partial charge in [-0.25, -0.2) is 13.2 Å². The van der Waals surface area contributed by atoms with Crippen molar-refractivity contribution in [2.24, 2.45) is 0 Å². The highest BCUT2D eigenvalue weighted by atomic mass is 79.9. The second kappa shape index (κ2) is 7.34. The van der Waals surface area contributed by atoms with Crippen molar-refractivity contribution >= 4 is 53.6 Å². The van der Waals surface area contributed by atoms with Crippen LogP contribution < -0.4 is 5.32 Å². The first-order valence-corrected chi connectivity index (χ1v) is 8.88. The second-order valence-corrected chi connectivity index (χ2v) is 10.1. The number of carboxylic acids is 1. The van der Waals surface area contributed by atoms with Gasteiger partial charge in [-0.1, -0.05) is 31.9 Å². The van der Waals surface area contributed by atoms with Gasteiger partial charge in [0.25, 0.3) is 5.91 Å². The summed E-state index contributed by atoms with van der Waals surface area (Å²) >= 11 is 5.65. The molecule has 1 aromatic carbocycles. The van der Waals surface area contributed by atoms with E-state index >= 15 is 0 Å². The highest BCUT2D eigenvalue weighted by molar-refractivity contribution is 9.27. The molecule has 0 spiro atoms. The van der Waals surface area contributed by atoms with Crippen LogP contribution in [-0.2, 0) is 9.84 Å². The summed E-state index contributed by atoms with van der Waals surface area (Å²) in [5, 5.41) is 20.1. The molecule has 0 unspecified atom stereocenters. The standard InChI is InChI=1S/C11H11Br2NO6S/c12-11(13)21(19,20)8-2-1-6(5-7(8)10(17)18)9(16)14-3-4-15/h1-2,5,11,15H,3-4H2,(H,14,16)(H,17,18). The topological polar surface area (TPSA) is 121 Å². The van der Waals surface area contributed by atoms with Crippen LogP contribution in [0.3, 0.4) is 0 Å². The molecule has 0 aliphatic rings. The molecule has 21 heavy (non-hydrogen) atoms. The van der Waals surface area contributed by atoms with Crippen LogP contribution >= 0.6 is 31.9 Å². The predicted molar refractivity (Wildman–Crippen MR) is 81.6 cm³/mol. The third kappa shape index (κ3) is 4.25. The highest BCUT2D eigenvalue weighted by Gasteiger charge is 2.28. The molecule has 0 aromatic heterocycles. The van der Waals surface area contributed by atoms with Crippen molar-refractivity contribution in [3.05, 3.63) is 29.3 Å². The fraction of sp³-hybridized carbons (Fsp3) is 0.273. The van der Waals surface area contributed by atoms with Gasteiger partial charge in [0.1, 0.15) is 0 Å². The Morgan fingerprint density at radius 3 is 2.38 bits per heavy atom. The van der Waals surface area contributed by atoms with Gasteiger partial charge < -0.3 is 15.5 Å². The van der Waals surface area contributed by atoms with Crippen molar-refractivity contribution < 1.29 is 28.2 Å². The van der Waals surface area contributed by atoms with E-state index in [0.29, 0.717) is 0 Å². The number of halogens is 2. The molecule has 3 N–H and O–H groups in total. The van der Waals surface area contributed by atoms with Crippen molar-refractivity contribution in [1.82, 2.24) is 5.32 Å². The van der Waals surface area contributed by atoms with E-state index in [1.807, 2.05) is 0 Å². The summed E-state index contributed by atoms with van der Waals surface area (Å²) in [6.45, 7) is -0.259. The Balaban J connectivity index is 3.33. The van der Waals surface area contributed by atoms with E-state index < -0.39 is 35.2 Å². The maximum Gasteiger partial charge on any atom is 0.337 e. The molecular formula is C11H11Br2NO6S. The molecule has 0 heterocycles. The number of rotatable bonds is 6. The van der Waals surface area contributed by atoms with Crippen LogP contribution in [0.2, 0.25) is 0 Å². The Morgan fingerprint density at radius 1 is 1.29 bits per heavy atom. The third-order valence-corrected chi connectivity index (χ3v) is 6.80. The fourth-order valence-corrected chi connectivity index (χ4v) is 3.56. The third-order valence-electron chi connectivity index (χ3n) is 2.41. The zero-order valence-corrected chi connectivity index (χ0v) is 14.4. The number of carboxylic acid groups (broad SMARTS) is 1. The van der Waals surface area contributed by atoms with Gasteiger partial charge >= 0.3 is 5.97 Å². The van der Waals surface area contributed by atoms with E-state index in [-0.39, 0.29) is 18.7 Å². The molecular weight excluding hydrogens is 434 g/mol. The average molecular weight is 445 g/mol. The van der Waals surface area contributed by atoms with Crippen LogP contribution in [0, 0.1) is 0 Å². The van der Waals surface area contributed by atoms with Gasteiger partial charge in [0.2, 0.25) is 9.84 Å². The molecule has 0 aliphatic carbocycles. The molecule has 0 fully saturated rings. The van der Waals surface area contributed by atoms with E-state index in [4.69, 9.17) is 10.2 Å². The normalized spacial score (nSPS) is 11.4. The van der Waals surface area contributed by atoms with Gasteiger partial charge in [-0.3, -0.25) is 4.79 Å². The molecule has 0 saturated heterocycles. The number of hydrogen-bond acceptors (Lipinski definition) is 5. The largest absolute Gasteiger partial charge is 0.478 e. The van der Waals surface area contributed by atoms with Gasteiger partial charge in [0.05, 0.1) is 17.1 Å². The number of hydrogen-bond donors (Lipinski definition) is 3. The number of nitrogens with one attached hydrogen (secondary N) is 1. The van der Waals surface area contributed by atoms with Gasteiger partial charge in [-0.15, -0.1) is 0 Å². The van der Waals surface area contributed by atoms with Crippen molar-refractivity contribution in [1.29, 1.82) is 0 Å². The molecule has 0 aliphatic heterocycles.